The number of nitrogens with one attached hydrogen (secondary N) is 1. The number of benzene rings is 1. The van der Waals surface area contributed by atoms with E-state index in [0.717, 1.165) is 27.7 Å². The molecule has 1 heterocycles. The zero-order chi connectivity index (χ0) is 16.5. The number of furan rings is 1. The first-order valence-electron chi connectivity index (χ1n) is 7.65. The summed E-state index contributed by atoms with van der Waals surface area (Å²) in [6.45, 7) is 10.6. The van der Waals surface area contributed by atoms with Crippen LogP contribution in [0.4, 0.5) is 0 Å². The van der Waals surface area contributed by atoms with Crippen LogP contribution in [0.3, 0.4) is 0 Å². The molecule has 1 amide bonds. The normalized spacial score (nSPS) is 11.9. The number of aliphatic hydroxyl groups excluding tert-OH is 1. The molecule has 4 nitrogen and oxygen atoms in total. The van der Waals surface area contributed by atoms with Crippen molar-refractivity contribution in [1.29, 1.82) is 0 Å². The Balaban J connectivity index is 2.28. The van der Waals surface area contributed by atoms with Crippen molar-refractivity contribution in [3.05, 3.63) is 34.6 Å². The van der Waals surface area contributed by atoms with Gasteiger partial charge in [0.1, 0.15) is 5.58 Å². The number of hydrogen-bond donors (Lipinski definition) is 2. The second-order valence-electron chi connectivity index (χ2n) is 6.78. The molecule has 2 rings (SSSR count). The largest absolute Gasteiger partial charge is 0.450 e. The molecule has 0 fully saturated rings. The molecule has 0 unspecified atom stereocenters. The van der Waals surface area contributed by atoms with Crippen molar-refractivity contribution in [3.8, 4) is 0 Å². The number of aryl methyl sites for hydroxylation is 3. The maximum Gasteiger partial charge on any atom is 0.287 e. The molecule has 0 saturated carbocycles. The summed E-state index contributed by atoms with van der Waals surface area (Å²) < 4.78 is 5.84. The van der Waals surface area contributed by atoms with E-state index in [1.165, 1.54) is 0 Å². The highest BCUT2D eigenvalue weighted by Crippen LogP contribution is 2.30. The van der Waals surface area contributed by atoms with Crippen LogP contribution in [0.1, 0.15) is 47.5 Å². The van der Waals surface area contributed by atoms with Gasteiger partial charge in [-0.05, 0) is 43.7 Å². The Morgan fingerprint density at radius 3 is 2.45 bits per heavy atom. The minimum absolute atomic E-state index is 0.116. The van der Waals surface area contributed by atoms with Crippen LogP contribution in [0.15, 0.2) is 16.5 Å². The van der Waals surface area contributed by atoms with Crippen molar-refractivity contribution in [1.82, 2.24) is 5.32 Å². The number of rotatable bonds is 5. The molecule has 0 aliphatic carbocycles. The Kier molecular flexibility index (Phi) is 4.61. The fourth-order valence-electron chi connectivity index (χ4n) is 2.68. The predicted octanol–water partition coefficient (Wildman–Crippen LogP) is 3.50. The molecule has 22 heavy (non-hydrogen) atoms. The van der Waals surface area contributed by atoms with Gasteiger partial charge in [-0.2, -0.15) is 0 Å². The molecule has 0 radical (unpaired) electrons. The van der Waals surface area contributed by atoms with Gasteiger partial charge in [-0.1, -0.05) is 26.0 Å². The van der Waals surface area contributed by atoms with Crippen molar-refractivity contribution >= 4 is 16.9 Å². The van der Waals surface area contributed by atoms with Crippen LogP contribution in [-0.4, -0.2) is 24.2 Å². The SMILES string of the molecule is Cc1ccc(C)c2c(C)c(C(=O)NCC(C)(C)CCO)oc12. The van der Waals surface area contributed by atoms with Crippen molar-refractivity contribution in [2.75, 3.05) is 13.2 Å². The number of amides is 1. The Hall–Kier alpha value is -1.81. The van der Waals surface area contributed by atoms with E-state index in [1.54, 1.807) is 0 Å². The van der Waals surface area contributed by atoms with Crippen molar-refractivity contribution in [2.24, 2.45) is 5.41 Å². The number of aliphatic hydroxyl groups is 1. The lowest BCUT2D eigenvalue weighted by Crippen LogP contribution is -2.34. The van der Waals surface area contributed by atoms with E-state index in [1.807, 2.05) is 46.8 Å². The van der Waals surface area contributed by atoms with E-state index < -0.39 is 0 Å². The summed E-state index contributed by atoms with van der Waals surface area (Å²) in [6.07, 6.45) is 0.643. The standard InChI is InChI=1S/C18H25NO3/c1-11-6-7-12(2)15-14(11)13(3)16(22-15)17(21)19-10-18(4,5)8-9-20/h6-7,20H,8-10H2,1-5H3,(H,19,21). The van der Waals surface area contributed by atoms with Gasteiger partial charge >= 0.3 is 0 Å². The third kappa shape index (κ3) is 3.17. The first kappa shape index (κ1) is 16.6. The van der Waals surface area contributed by atoms with Gasteiger partial charge in [0, 0.05) is 24.1 Å². The maximum absolute atomic E-state index is 12.4. The molecule has 1 aromatic carbocycles. The second-order valence-corrected chi connectivity index (χ2v) is 6.78. The molecular weight excluding hydrogens is 278 g/mol. The van der Waals surface area contributed by atoms with Crippen LogP contribution >= 0.6 is 0 Å². The maximum atomic E-state index is 12.4. The lowest BCUT2D eigenvalue weighted by molar-refractivity contribution is 0.0902. The van der Waals surface area contributed by atoms with Crippen LogP contribution in [0, 0.1) is 26.2 Å². The highest BCUT2D eigenvalue weighted by molar-refractivity contribution is 6.00. The summed E-state index contributed by atoms with van der Waals surface area (Å²) in [6, 6.07) is 4.05. The Morgan fingerprint density at radius 2 is 1.86 bits per heavy atom. The highest BCUT2D eigenvalue weighted by Gasteiger charge is 2.23. The summed E-state index contributed by atoms with van der Waals surface area (Å²) in [7, 11) is 0. The zero-order valence-corrected chi connectivity index (χ0v) is 14.0. The molecule has 0 bridgehead atoms. The smallest absolute Gasteiger partial charge is 0.287 e. The lowest BCUT2D eigenvalue weighted by Gasteiger charge is -2.23. The van der Waals surface area contributed by atoms with E-state index in [-0.39, 0.29) is 17.9 Å². The quantitative estimate of drug-likeness (QED) is 0.888. The Morgan fingerprint density at radius 1 is 1.23 bits per heavy atom. The van der Waals surface area contributed by atoms with Gasteiger partial charge in [0.15, 0.2) is 5.76 Å². The van der Waals surface area contributed by atoms with E-state index in [0.29, 0.717) is 18.7 Å². The number of fused-ring (bicyclic) bond motifs is 1. The molecule has 2 aromatic rings. The molecule has 1 aromatic heterocycles. The first-order chi connectivity index (χ1) is 10.3. The number of hydrogen-bond acceptors (Lipinski definition) is 3. The summed E-state index contributed by atoms with van der Waals surface area (Å²) in [5, 5.41) is 13.0. The topological polar surface area (TPSA) is 62.5 Å². The van der Waals surface area contributed by atoms with Crippen LogP contribution in [0.2, 0.25) is 0 Å². The molecule has 0 aliphatic heterocycles. The summed E-state index contributed by atoms with van der Waals surface area (Å²) >= 11 is 0. The third-order valence-corrected chi connectivity index (χ3v) is 4.20. The van der Waals surface area contributed by atoms with Gasteiger partial charge in [0.05, 0.1) is 0 Å². The van der Waals surface area contributed by atoms with Crippen LogP contribution in [0.25, 0.3) is 11.0 Å². The summed E-state index contributed by atoms with van der Waals surface area (Å²) in [5.74, 6) is 0.186. The zero-order valence-electron chi connectivity index (χ0n) is 14.0. The fraction of sp³-hybridized carbons (Fsp3) is 0.500. The third-order valence-electron chi connectivity index (χ3n) is 4.20. The van der Waals surface area contributed by atoms with Gasteiger partial charge in [-0.3, -0.25) is 4.79 Å². The molecule has 0 atom stereocenters. The molecule has 2 N–H and O–H groups in total. The van der Waals surface area contributed by atoms with Crippen LogP contribution < -0.4 is 5.32 Å². The van der Waals surface area contributed by atoms with E-state index in [9.17, 15) is 4.79 Å². The fourth-order valence-corrected chi connectivity index (χ4v) is 2.68. The molecule has 120 valence electrons. The average molecular weight is 303 g/mol. The van der Waals surface area contributed by atoms with E-state index >= 15 is 0 Å². The van der Waals surface area contributed by atoms with Crippen molar-refractivity contribution < 1.29 is 14.3 Å². The number of carbonyl (C=O) groups is 1. The van der Waals surface area contributed by atoms with Gasteiger partial charge in [-0.25, -0.2) is 0 Å². The Labute approximate surface area is 131 Å². The van der Waals surface area contributed by atoms with E-state index in [4.69, 9.17) is 9.52 Å². The lowest BCUT2D eigenvalue weighted by atomic mass is 9.90. The van der Waals surface area contributed by atoms with Gasteiger partial charge in [-0.15, -0.1) is 0 Å². The van der Waals surface area contributed by atoms with Crippen molar-refractivity contribution in [2.45, 2.75) is 41.0 Å². The van der Waals surface area contributed by atoms with Crippen LogP contribution in [-0.2, 0) is 0 Å². The molecule has 0 spiro atoms. The highest BCUT2D eigenvalue weighted by atomic mass is 16.3. The molecule has 4 heteroatoms. The second kappa shape index (κ2) is 6.13. The van der Waals surface area contributed by atoms with E-state index in [2.05, 4.69) is 5.32 Å². The van der Waals surface area contributed by atoms with Gasteiger partial charge in [0.2, 0.25) is 0 Å². The monoisotopic (exact) mass is 303 g/mol. The Bertz CT molecular complexity index is 698. The molecule has 0 aliphatic rings. The number of carbonyl (C=O) groups excluding carboxylic acids is 1. The predicted molar refractivity (Wildman–Crippen MR) is 88.2 cm³/mol. The minimum Gasteiger partial charge on any atom is -0.450 e. The summed E-state index contributed by atoms with van der Waals surface area (Å²) in [5.41, 5.74) is 3.67. The van der Waals surface area contributed by atoms with Crippen molar-refractivity contribution in [3.63, 3.8) is 0 Å². The average Bonchev–Trinajstić information content (AvgIpc) is 2.80. The first-order valence-corrected chi connectivity index (χ1v) is 7.65. The molecule has 0 saturated heterocycles. The molecular formula is C18H25NO3. The van der Waals surface area contributed by atoms with Gasteiger partial charge < -0.3 is 14.8 Å². The van der Waals surface area contributed by atoms with Gasteiger partial charge in [0.25, 0.3) is 5.91 Å². The summed E-state index contributed by atoms with van der Waals surface area (Å²) in [4.78, 5) is 12.4. The van der Waals surface area contributed by atoms with Crippen LogP contribution in [0.5, 0.6) is 0 Å². The minimum atomic E-state index is -0.196.